The summed E-state index contributed by atoms with van der Waals surface area (Å²) in [5.41, 5.74) is 2.03. The van der Waals surface area contributed by atoms with Gasteiger partial charge < -0.3 is 5.11 Å². The van der Waals surface area contributed by atoms with Gasteiger partial charge in [0.15, 0.2) is 0 Å². The van der Waals surface area contributed by atoms with Crippen LogP contribution in [0.25, 0.3) is 10.9 Å². The highest BCUT2D eigenvalue weighted by molar-refractivity contribution is 6.32. The van der Waals surface area contributed by atoms with Crippen molar-refractivity contribution < 1.29 is 5.11 Å². The summed E-state index contributed by atoms with van der Waals surface area (Å²) in [6, 6.07) is 7.92. The van der Waals surface area contributed by atoms with Crippen molar-refractivity contribution in [2.45, 2.75) is 25.5 Å². The number of likely N-dealkylation sites (tertiary alicyclic amines) is 1. The van der Waals surface area contributed by atoms with Gasteiger partial charge in [0.2, 0.25) is 0 Å². The third-order valence-electron chi connectivity index (χ3n) is 3.68. The second kappa shape index (κ2) is 5.45. The number of halogens is 1. The summed E-state index contributed by atoms with van der Waals surface area (Å²) in [5, 5.41) is 11.6. The number of aliphatic hydroxyl groups excluding tert-OH is 1. The number of β-amino-alcohol motifs (C(OH)–C–C–N with tert-alkyl or cyclic N) is 1. The van der Waals surface area contributed by atoms with E-state index in [9.17, 15) is 5.11 Å². The smallest absolute Gasteiger partial charge is 0.0761 e. The van der Waals surface area contributed by atoms with E-state index in [1.807, 2.05) is 24.3 Å². The van der Waals surface area contributed by atoms with Crippen LogP contribution in [-0.4, -0.2) is 34.2 Å². The van der Waals surface area contributed by atoms with Crippen LogP contribution in [0, 0.1) is 0 Å². The Morgan fingerprint density at radius 2 is 2.26 bits per heavy atom. The maximum Gasteiger partial charge on any atom is 0.0761 e. The molecule has 0 radical (unpaired) electrons. The zero-order chi connectivity index (χ0) is 13.2. The molecule has 3 rings (SSSR count). The van der Waals surface area contributed by atoms with Crippen molar-refractivity contribution in [3.8, 4) is 0 Å². The van der Waals surface area contributed by atoms with Crippen molar-refractivity contribution in [1.29, 1.82) is 0 Å². The molecule has 1 aliphatic heterocycles. The molecule has 1 saturated heterocycles. The first-order valence-corrected chi connectivity index (χ1v) is 7.04. The van der Waals surface area contributed by atoms with Gasteiger partial charge >= 0.3 is 0 Å². The van der Waals surface area contributed by atoms with Crippen molar-refractivity contribution in [2.24, 2.45) is 0 Å². The fourth-order valence-electron chi connectivity index (χ4n) is 2.73. The van der Waals surface area contributed by atoms with Crippen LogP contribution in [0.2, 0.25) is 5.02 Å². The van der Waals surface area contributed by atoms with Gasteiger partial charge in [-0.1, -0.05) is 23.7 Å². The summed E-state index contributed by atoms with van der Waals surface area (Å²) in [6.07, 6.45) is 3.53. The van der Waals surface area contributed by atoms with Crippen LogP contribution in [0.15, 0.2) is 30.5 Å². The SMILES string of the molecule is O[C@@H]1CCCN(Cc2c(Cl)ccc3cccnc23)C1. The van der Waals surface area contributed by atoms with Crippen LogP contribution in [0.1, 0.15) is 18.4 Å². The Labute approximate surface area is 117 Å². The molecule has 2 heterocycles. The summed E-state index contributed by atoms with van der Waals surface area (Å²) in [5.74, 6) is 0. The minimum atomic E-state index is -0.213. The zero-order valence-corrected chi connectivity index (χ0v) is 11.5. The van der Waals surface area contributed by atoms with E-state index in [0.29, 0.717) is 0 Å². The summed E-state index contributed by atoms with van der Waals surface area (Å²) >= 11 is 6.33. The van der Waals surface area contributed by atoms with E-state index < -0.39 is 0 Å². The molecule has 0 unspecified atom stereocenters. The van der Waals surface area contributed by atoms with E-state index in [4.69, 9.17) is 11.6 Å². The summed E-state index contributed by atoms with van der Waals surface area (Å²) in [4.78, 5) is 6.71. The number of piperidine rings is 1. The Balaban J connectivity index is 1.93. The average molecular weight is 277 g/mol. The molecule has 1 aromatic heterocycles. The molecule has 1 fully saturated rings. The Morgan fingerprint density at radius 1 is 1.37 bits per heavy atom. The van der Waals surface area contributed by atoms with Crippen molar-refractivity contribution in [3.63, 3.8) is 0 Å². The molecule has 1 atom stereocenters. The van der Waals surface area contributed by atoms with E-state index in [-0.39, 0.29) is 6.10 Å². The lowest BCUT2D eigenvalue weighted by molar-refractivity contribution is 0.0670. The second-order valence-corrected chi connectivity index (χ2v) is 5.54. The highest BCUT2D eigenvalue weighted by Crippen LogP contribution is 2.26. The van der Waals surface area contributed by atoms with Crippen LogP contribution >= 0.6 is 11.6 Å². The lowest BCUT2D eigenvalue weighted by Crippen LogP contribution is -2.37. The lowest BCUT2D eigenvalue weighted by Gasteiger charge is -2.30. The standard InChI is InChI=1S/C15H17ClN2O/c16-14-6-5-11-3-1-7-17-15(11)13(14)10-18-8-2-4-12(19)9-18/h1,3,5-7,12,19H,2,4,8-10H2/t12-/m1/s1. The summed E-state index contributed by atoms with van der Waals surface area (Å²) in [6.45, 7) is 2.49. The normalized spacial score (nSPS) is 20.8. The lowest BCUT2D eigenvalue weighted by atomic mass is 10.1. The van der Waals surface area contributed by atoms with Crippen LogP contribution in [0.4, 0.5) is 0 Å². The maximum absolute atomic E-state index is 9.75. The molecule has 1 aromatic carbocycles. The monoisotopic (exact) mass is 276 g/mol. The highest BCUT2D eigenvalue weighted by Gasteiger charge is 2.19. The number of aromatic nitrogens is 1. The first-order valence-electron chi connectivity index (χ1n) is 6.66. The maximum atomic E-state index is 9.75. The van der Waals surface area contributed by atoms with E-state index in [1.54, 1.807) is 6.20 Å². The molecule has 0 saturated carbocycles. The molecule has 0 aliphatic carbocycles. The summed E-state index contributed by atoms with van der Waals surface area (Å²) < 4.78 is 0. The number of benzene rings is 1. The first-order chi connectivity index (χ1) is 9.24. The number of hydrogen-bond donors (Lipinski definition) is 1. The molecule has 100 valence electrons. The number of rotatable bonds is 2. The topological polar surface area (TPSA) is 36.4 Å². The van der Waals surface area contributed by atoms with Crippen molar-refractivity contribution in [3.05, 3.63) is 41.0 Å². The number of hydrogen-bond acceptors (Lipinski definition) is 3. The first kappa shape index (κ1) is 12.9. The molecule has 0 amide bonds. The Hall–Kier alpha value is -1.16. The molecule has 0 spiro atoms. The molecule has 0 bridgehead atoms. The summed E-state index contributed by atoms with van der Waals surface area (Å²) in [7, 11) is 0. The van der Waals surface area contributed by atoms with Crippen LogP contribution in [0.3, 0.4) is 0 Å². The number of pyridine rings is 1. The van der Waals surface area contributed by atoms with Crippen molar-refractivity contribution >= 4 is 22.5 Å². The van der Waals surface area contributed by atoms with Crippen LogP contribution in [0.5, 0.6) is 0 Å². The average Bonchev–Trinajstić information content (AvgIpc) is 2.42. The number of aliphatic hydroxyl groups is 1. The van der Waals surface area contributed by atoms with Gasteiger partial charge in [-0.3, -0.25) is 9.88 Å². The van der Waals surface area contributed by atoms with Gasteiger partial charge in [0.1, 0.15) is 0 Å². The minimum Gasteiger partial charge on any atom is -0.392 e. The molecular formula is C15H17ClN2O. The molecule has 2 aromatic rings. The van der Waals surface area contributed by atoms with Gasteiger partial charge in [0.25, 0.3) is 0 Å². The molecule has 4 heteroatoms. The van der Waals surface area contributed by atoms with Crippen LogP contribution < -0.4 is 0 Å². The Bertz CT molecular complexity index is 587. The van der Waals surface area contributed by atoms with Gasteiger partial charge in [-0.15, -0.1) is 0 Å². The fourth-order valence-corrected chi connectivity index (χ4v) is 2.94. The molecule has 19 heavy (non-hydrogen) atoms. The zero-order valence-electron chi connectivity index (χ0n) is 10.7. The van der Waals surface area contributed by atoms with E-state index in [2.05, 4.69) is 9.88 Å². The Kier molecular flexibility index (Phi) is 3.69. The third kappa shape index (κ3) is 2.73. The number of nitrogens with zero attached hydrogens (tertiary/aromatic N) is 2. The third-order valence-corrected chi connectivity index (χ3v) is 4.04. The van der Waals surface area contributed by atoms with Gasteiger partial charge in [-0.25, -0.2) is 0 Å². The van der Waals surface area contributed by atoms with Crippen LogP contribution in [-0.2, 0) is 6.54 Å². The van der Waals surface area contributed by atoms with E-state index in [0.717, 1.165) is 54.0 Å². The van der Waals surface area contributed by atoms with E-state index >= 15 is 0 Å². The quantitative estimate of drug-likeness (QED) is 0.916. The predicted molar refractivity (Wildman–Crippen MR) is 77.3 cm³/mol. The predicted octanol–water partition coefficient (Wildman–Crippen LogP) is 2.84. The van der Waals surface area contributed by atoms with Crippen molar-refractivity contribution in [1.82, 2.24) is 9.88 Å². The minimum absolute atomic E-state index is 0.213. The van der Waals surface area contributed by atoms with Crippen molar-refractivity contribution in [2.75, 3.05) is 13.1 Å². The molecule has 1 N–H and O–H groups in total. The fraction of sp³-hybridized carbons (Fsp3) is 0.400. The largest absolute Gasteiger partial charge is 0.392 e. The molecule has 1 aliphatic rings. The van der Waals surface area contributed by atoms with Gasteiger partial charge in [-0.05, 0) is 31.5 Å². The van der Waals surface area contributed by atoms with E-state index in [1.165, 1.54) is 0 Å². The van der Waals surface area contributed by atoms with Gasteiger partial charge in [0, 0.05) is 35.3 Å². The highest BCUT2D eigenvalue weighted by atomic mass is 35.5. The molecular weight excluding hydrogens is 260 g/mol. The van der Waals surface area contributed by atoms with Gasteiger partial charge in [-0.2, -0.15) is 0 Å². The molecule has 3 nitrogen and oxygen atoms in total. The second-order valence-electron chi connectivity index (χ2n) is 5.13. The van der Waals surface area contributed by atoms with Gasteiger partial charge in [0.05, 0.1) is 11.6 Å². The number of fused-ring (bicyclic) bond motifs is 1. The Morgan fingerprint density at radius 3 is 3.11 bits per heavy atom.